The lowest BCUT2D eigenvalue weighted by atomic mass is 9.94. The largest absolute Gasteiger partial charge is 0.303 e. The van der Waals surface area contributed by atoms with E-state index in [-0.39, 0.29) is 0 Å². The van der Waals surface area contributed by atoms with Gasteiger partial charge >= 0.3 is 0 Å². The van der Waals surface area contributed by atoms with Gasteiger partial charge in [-0.25, -0.2) is 0 Å². The van der Waals surface area contributed by atoms with Gasteiger partial charge in [-0.3, -0.25) is 4.98 Å². The Kier molecular flexibility index (Phi) is 3.50. The summed E-state index contributed by atoms with van der Waals surface area (Å²) in [5.74, 6) is 1.68. The minimum absolute atomic E-state index is 0.393. The molecule has 1 saturated carbocycles. The van der Waals surface area contributed by atoms with E-state index in [9.17, 15) is 0 Å². The van der Waals surface area contributed by atoms with Gasteiger partial charge in [0.05, 0.1) is 0 Å². The van der Waals surface area contributed by atoms with Crippen LogP contribution in [0.15, 0.2) is 54.9 Å². The number of aryl methyl sites for hydroxylation is 1. The van der Waals surface area contributed by atoms with Crippen LogP contribution in [0.2, 0.25) is 0 Å². The molecule has 2 nitrogen and oxygen atoms in total. The number of rotatable bonds is 5. The third kappa shape index (κ3) is 2.36. The summed E-state index contributed by atoms with van der Waals surface area (Å²) in [7, 11) is 0. The van der Waals surface area contributed by atoms with Gasteiger partial charge in [0.25, 0.3) is 0 Å². The number of hydrogen-bond donors (Lipinski definition) is 0. The molecule has 22 heavy (non-hydrogen) atoms. The van der Waals surface area contributed by atoms with Gasteiger partial charge in [0, 0.05) is 30.9 Å². The Labute approximate surface area is 133 Å². The quantitative estimate of drug-likeness (QED) is 0.838. The van der Waals surface area contributed by atoms with E-state index in [0.717, 1.165) is 11.8 Å². The first kappa shape index (κ1) is 14.0. The van der Waals surface area contributed by atoms with Crippen molar-refractivity contribution in [3.8, 4) is 0 Å². The Morgan fingerprint density at radius 2 is 1.86 bits per heavy atom. The molecule has 0 bridgehead atoms. The zero-order valence-electron chi connectivity index (χ0n) is 13.3. The van der Waals surface area contributed by atoms with Crippen molar-refractivity contribution in [2.24, 2.45) is 11.8 Å². The van der Waals surface area contributed by atoms with Crippen LogP contribution >= 0.6 is 0 Å². The summed E-state index contributed by atoms with van der Waals surface area (Å²) in [4.78, 5) is 6.97. The lowest BCUT2D eigenvalue weighted by Gasteiger charge is -2.24. The van der Waals surface area contributed by atoms with E-state index in [4.69, 9.17) is 0 Å². The lowest BCUT2D eigenvalue weighted by Crippen LogP contribution is -2.30. The van der Waals surface area contributed by atoms with E-state index in [2.05, 4.69) is 65.5 Å². The van der Waals surface area contributed by atoms with Gasteiger partial charge in [0.15, 0.2) is 0 Å². The van der Waals surface area contributed by atoms with E-state index in [0.29, 0.717) is 5.41 Å². The number of fused-ring (bicyclic) bond motifs is 1. The molecule has 4 rings (SSSR count). The summed E-state index contributed by atoms with van der Waals surface area (Å²) >= 11 is 0. The van der Waals surface area contributed by atoms with Gasteiger partial charge in [-0.1, -0.05) is 43.3 Å². The van der Waals surface area contributed by atoms with E-state index < -0.39 is 0 Å². The highest BCUT2D eigenvalue weighted by molar-refractivity contribution is 5.35. The first-order valence-electron chi connectivity index (χ1n) is 8.45. The zero-order chi connectivity index (χ0) is 15.0. The van der Waals surface area contributed by atoms with Gasteiger partial charge < -0.3 is 4.90 Å². The number of benzene rings is 1. The molecule has 0 spiro atoms. The predicted octanol–water partition coefficient (Wildman–Crippen LogP) is 3.53. The SMILES string of the molecule is CC1(c2cccnc2)C2CN(CCCc3ccccc3)CC21. The second-order valence-corrected chi connectivity index (χ2v) is 7.09. The Morgan fingerprint density at radius 3 is 2.55 bits per heavy atom. The number of likely N-dealkylation sites (tertiary alicyclic amines) is 1. The molecule has 0 amide bonds. The molecule has 0 N–H and O–H groups in total. The van der Waals surface area contributed by atoms with Crippen LogP contribution in [0.1, 0.15) is 24.5 Å². The monoisotopic (exact) mass is 292 g/mol. The fraction of sp³-hybridized carbons (Fsp3) is 0.450. The number of aromatic nitrogens is 1. The van der Waals surface area contributed by atoms with Gasteiger partial charge in [-0.2, -0.15) is 0 Å². The summed E-state index contributed by atoms with van der Waals surface area (Å²) in [6.07, 6.45) is 6.42. The smallest absolute Gasteiger partial charge is 0.0305 e. The highest BCUT2D eigenvalue weighted by Gasteiger charge is 2.65. The molecule has 2 atom stereocenters. The second kappa shape index (κ2) is 5.51. The highest BCUT2D eigenvalue weighted by atomic mass is 15.2. The molecule has 1 aromatic carbocycles. The van der Waals surface area contributed by atoms with Crippen molar-refractivity contribution in [3.05, 3.63) is 66.0 Å². The number of pyridine rings is 1. The van der Waals surface area contributed by atoms with Crippen molar-refractivity contribution in [3.63, 3.8) is 0 Å². The van der Waals surface area contributed by atoms with Crippen LogP contribution in [0.5, 0.6) is 0 Å². The standard InChI is InChI=1S/C20H24N2/c1-20(17-10-5-11-21-13-17)18-14-22(15-19(18)20)12-6-9-16-7-3-2-4-8-16/h2-5,7-8,10-11,13,18-19H,6,9,12,14-15H2,1H3. The minimum atomic E-state index is 0.393. The second-order valence-electron chi connectivity index (χ2n) is 7.09. The predicted molar refractivity (Wildman–Crippen MR) is 89.8 cm³/mol. The molecule has 1 aliphatic heterocycles. The van der Waals surface area contributed by atoms with Crippen molar-refractivity contribution in [2.75, 3.05) is 19.6 Å². The molecule has 2 fully saturated rings. The molecule has 2 heteroatoms. The first-order valence-corrected chi connectivity index (χ1v) is 8.45. The van der Waals surface area contributed by atoms with Gasteiger partial charge in [-0.15, -0.1) is 0 Å². The first-order chi connectivity index (χ1) is 10.8. The molecule has 1 saturated heterocycles. The van der Waals surface area contributed by atoms with E-state index in [1.165, 1.54) is 43.6 Å². The summed E-state index contributed by atoms with van der Waals surface area (Å²) in [6.45, 7) is 6.21. The van der Waals surface area contributed by atoms with Crippen LogP contribution in [0, 0.1) is 11.8 Å². The van der Waals surface area contributed by atoms with E-state index in [1.54, 1.807) is 0 Å². The summed E-state index contributed by atoms with van der Waals surface area (Å²) in [5.41, 5.74) is 3.30. The zero-order valence-corrected chi connectivity index (χ0v) is 13.3. The maximum absolute atomic E-state index is 4.31. The van der Waals surface area contributed by atoms with Crippen LogP contribution in [0.25, 0.3) is 0 Å². The fourth-order valence-corrected chi connectivity index (χ4v) is 4.41. The summed E-state index contributed by atoms with van der Waals surface area (Å²) < 4.78 is 0. The Bertz CT molecular complexity index is 611. The molecule has 2 unspecified atom stereocenters. The molecule has 2 heterocycles. The molecule has 2 aromatic rings. The van der Waals surface area contributed by atoms with Gasteiger partial charge in [0.1, 0.15) is 0 Å². The molecule has 0 radical (unpaired) electrons. The lowest BCUT2D eigenvalue weighted by molar-refractivity contribution is 0.274. The van der Waals surface area contributed by atoms with Crippen molar-refractivity contribution >= 4 is 0 Å². The topological polar surface area (TPSA) is 16.1 Å². The highest BCUT2D eigenvalue weighted by Crippen LogP contribution is 2.63. The fourth-order valence-electron chi connectivity index (χ4n) is 4.41. The third-order valence-electron chi connectivity index (χ3n) is 5.89. The average Bonchev–Trinajstić information content (AvgIpc) is 2.94. The normalized spacial score (nSPS) is 30.2. The minimum Gasteiger partial charge on any atom is -0.303 e. The van der Waals surface area contributed by atoms with Crippen LogP contribution in [0.3, 0.4) is 0 Å². The third-order valence-corrected chi connectivity index (χ3v) is 5.89. The van der Waals surface area contributed by atoms with E-state index >= 15 is 0 Å². The number of nitrogens with zero attached hydrogens (tertiary/aromatic N) is 2. The maximum Gasteiger partial charge on any atom is 0.0305 e. The Balaban J connectivity index is 1.28. The molecule has 2 aliphatic rings. The van der Waals surface area contributed by atoms with Crippen LogP contribution in [0.4, 0.5) is 0 Å². The molecular formula is C20H24N2. The Morgan fingerprint density at radius 1 is 1.09 bits per heavy atom. The van der Waals surface area contributed by atoms with Crippen LogP contribution in [-0.4, -0.2) is 29.5 Å². The van der Waals surface area contributed by atoms with Gasteiger partial charge in [0.2, 0.25) is 0 Å². The van der Waals surface area contributed by atoms with Crippen molar-refractivity contribution in [1.82, 2.24) is 9.88 Å². The molecule has 114 valence electrons. The maximum atomic E-state index is 4.31. The molecule has 1 aromatic heterocycles. The molecular weight excluding hydrogens is 268 g/mol. The van der Waals surface area contributed by atoms with Crippen LogP contribution in [-0.2, 0) is 11.8 Å². The van der Waals surface area contributed by atoms with E-state index in [1.807, 2.05) is 6.20 Å². The summed E-state index contributed by atoms with van der Waals surface area (Å²) in [5, 5.41) is 0. The van der Waals surface area contributed by atoms with Crippen molar-refractivity contribution in [2.45, 2.75) is 25.2 Å². The van der Waals surface area contributed by atoms with Crippen molar-refractivity contribution < 1.29 is 0 Å². The number of piperidine rings is 1. The van der Waals surface area contributed by atoms with Gasteiger partial charge in [-0.05, 0) is 48.4 Å². The average molecular weight is 292 g/mol. The number of hydrogen-bond acceptors (Lipinski definition) is 2. The van der Waals surface area contributed by atoms with Crippen molar-refractivity contribution in [1.29, 1.82) is 0 Å². The van der Waals surface area contributed by atoms with Crippen LogP contribution < -0.4 is 0 Å². The Hall–Kier alpha value is -1.67. The molecule has 1 aliphatic carbocycles. The summed E-state index contributed by atoms with van der Waals surface area (Å²) in [6, 6.07) is 15.2.